The molecule has 150 valence electrons. The van der Waals surface area contributed by atoms with Crippen molar-refractivity contribution in [2.24, 2.45) is 0 Å². The van der Waals surface area contributed by atoms with Crippen molar-refractivity contribution in [3.63, 3.8) is 0 Å². The number of nitrogens with one attached hydrogen (secondary N) is 1. The van der Waals surface area contributed by atoms with Crippen molar-refractivity contribution in [2.75, 3.05) is 26.6 Å². The maximum Gasteiger partial charge on any atom is 0.339 e. The summed E-state index contributed by atoms with van der Waals surface area (Å²) in [6.45, 7) is 3.28. The quantitative estimate of drug-likeness (QED) is 0.702. The summed E-state index contributed by atoms with van der Waals surface area (Å²) in [6.07, 6.45) is -1.04. The van der Waals surface area contributed by atoms with Crippen LogP contribution in [-0.2, 0) is 9.53 Å². The van der Waals surface area contributed by atoms with Gasteiger partial charge in [-0.15, -0.1) is 0 Å². The highest BCUT2D eigenvalue weighted by molar-refractivity contribution is 6.31. The van der Waals surface area contributed by atoms with E-state index in [-0.39, 0.29) is 5.56 Å². The van der Waals surface area contributed by atoms with Gasteiger partial charge in [0.2, 0.25) is 0 Å². The molecule has 0 spiro atoms. The Morgan fingerprint density at radius 3 is 2.21 bits per heavy atom. The van der Waals surface area contributed by atoms with Gasteiger partial charge >= 0.3 is 5.97 Å². The Balaban J connectivity index is 2.10. The van der Waals surface area contributed by atoms with E-state index >= 15 is 0 Å². The van der Waals surface area contributed by atoms with Gasteiger partial charge in [-0.25, -0.2) is 4.79 Å². The number of hydrogen-bond donors (Lipinski definition) is 1. The van der Waals surface area contributed by atoms with E-state index in [4.69, 9.17) is 30.5 Å². The summed E-state index contributed by atoms with van der Waals surface area (Å²) in [5.41, 5.74) is 1.44. The van der Waals surface area contributed by atoms with Gasteiger partial charge in [0.25, 0.3) is 5.91 Å². The molecule has 0 radical (unpaired) electrons. The second kappa shape index (κ2) is 9.32. The number of esters is 1. The van der Waals surface area contributed by atoms with Crippen LogP contribution in [0.15, 0.2) is 30.3 Å². The fourth-order valence-corrected chi connectivity index (χ4v) is 2.56. The second-order valence-electron chi connectivity index (χ2n) is 5.91. The lowest BCUT2D eigenvalue weighted by atomic mass is 10.2. The van der Waals surface area contributed by atoms with Gasteiger partial charge in [0, 0.05) is 11.1 Å². The Morgan fingerprint density at radius 2 is 1.61 bits per heavy atom. The SMILES string of the molecule is COc1cc(Cl)c(C)cc1NC(=O)C(C)OC(=O)c1ccc(OC)c(OC)c1. The molecule has 7 nitrogen and oxygen atoms in total. The van der Waals surface area contributed by atoms with Crippen molar-refractivity contribution in [1.29, 1.82) is 0 Å². The monoisotopic (exact) mass is 407 g/mol. The molecule has 1 N–H and O–H groups in total. The Kier molecular flexibility index (Phi) is 7.12. The number of methoxy groups -OCH3 is 3. The standard InChI is InChI=1S/C20H22ClNO6/c1-11-8-15(17(26-4)10-14(11)21)22-19(23)12(2)28-20(24)13-6-7-16(25-3)18(9-13)27-5/h6-10,12H,1-5H3,(H,22,23). The maximum atomic E-state index is 12.4. The summed E-state index contributed by atoms with van der Waals surface area (Å²) in [5, 5.41) is 3.20. The number of carbonyl (C=O) groups is 2. The third-order valence-electron chi connectivity index (χ3n) is 4.01. The minimum Gasteiger partial charge on any atom is -0.495 e. The van der Waals surface area contributed by atoms with Crippen LogP contribution in [0.4, 0.5) is 5.69 Å². The molecule has 0 saturated heterocycles. The molecular weight excluding hydrogens is 386 g/mol. The number of hydrogen-bond acceptors (Lipinski definition) is 6. The normalized spacial score (nSPS) is 11.4. The molecule has 0 aromatic heterocycles. The lowest BCUT2D eigenvalue weighted by molar-refractivity contribution is -0.123. The minimum atomic E-state index is -1.04. The Morgan fingerprint density at radius 1 is 0.964 bits per heavy atom. The Hall–Kier alpha value is -2.93. The van der Waals surface area contributed by atoms with E-state index < -0.39 is 18.0 Å². The van der Waals surface area contributed by atoms with Gasteiger partial charge in [0.15, 0.2) is 17.6 Å². The van der Waals surface area contributed by atoms with E-state index in [2.05, 4.69) is 5.32 Å². The molecule has 1 atom stereocenters. The van der Waals surface area contributed by atoms with Gasteiger partial charge in [-0.1, -0.05) is 11.6 Å². The smallest absolute Gasteiger partial charge is 0.339 e. The Bertz CT molecular complexity index is 883. The van der Waals surface area contributed by atoms with Crippen LogP contribution in [0.2, 0.25) is 5.02 Å². The first-order valence-electron chi connectivity index (χ1n) is 8.38. The number of ether oxygens (including phenoxy) is 4. The predicted octanol–water partition coefficient (Wildman–Crippen LogP) is 3.86. The zero-order chi connectivity index (χ0) is 20.8. The molecular formula is C20H22ClNO6. The van der Waals surface area contributed by atoms with Crippen molar-refractivity contribution in [3.05, 3.63) is 46.5 Å². The summed E-state index contributed by atoms with van der Waals surface area (Å²) in [4.78, 5) is 24.8. The molecule has 0 heterocycles. The molecule has 0 aliphatic carbocycles. The van der Waals surface area contributed by atoms with Crippen molar-refractivity contribution in [3.8, 4) is 17.2 Å². The summed E-state index contributed by atoms with van der Waals surface area (Å²) >= 11 is 6.07. The van der Waals surface area contributed by atoms with Crippen molar-refractivity contribution >= 4 is 29.2 Å². The lowest BCUT2D eigenvalue weighted by Gasteiger charge is -2.16. The average Bonchev–Trinajstić information content (AvgIpc) is 2.69. The van der Waals surface area contributed by atoms with E-state index in [0.29, 0.717) is 28.0 Å². The molecule has 0 bridgehead atoms. The second-order valence-corrected chi connectivity index (χ2v) is 6.32. The first-order valence-corrected chi connectivity index (χ1v) is 8.76. The van der Waals surface area contributed by atoms with Crippen LogP contribution < -0.4 is 19.5 Å². The van der Waals surface area contributed by atoms with Crippen molar-refractivity contribution in [2.45, 2.75) is 20.0 Å². The highest BCUT2D eigenvalue weighted by atomic mass is 35.5. The molecule has 0 aliphatic heterocycles. The number of rotatable bonds is 7. The van der Waals surface area contributed by atoms with Crippen LogP contribution in [0.3, 0.4) is 0 Å². The number of benzene rings is 2. The summed E-state index contributed by atoms with van der Waals surface area (Å²) in [5.74, 6) is 0.101. The molecule has 8 heteroatoms. The summed E-state index contributed by atoms with van der Waals surface area (Å²) in [7, 11) is 4.43. The minimum absolute atomic E-state index is 0.234. The molecule has 0 fully saturated rings. The average molecular weight is 408 g/mol. The van der Waals surface area contributed by atoms with E-state index in [0.717, 1.165) is 5.56 Å². The van der Waals surface area contributed by atoms with Gasteiger partial charge < -0.3 is 24.3 Å². The number of anilines is 1. The summed E-state index contributed by atoms with van der Waals surface area (Å²) < 4.78 is 20.8. The molecule has 1 unspecified atom stereocenters. The van der Waals surface area contributed by atoms with Crippen LogP contribution in [-0.4, -0.2) is 39.3 Å². The predicted molar refractivity (Wildman–Crippen MR) is 106 cm³/mol. The van der Waals surface area contributed by atoms with Crippen LogP contribution in [0.5, 0.6) is 17.2 Å². The maximum absolute atomic E-state index is 12.4. The lowest BCUT2D eigenvalue weighted by Crippen LogP contribution is -2.30. The fraction of sp³-hybridized carbons (Fsp3) is 0.300. The Labute approximate surface area is 168 Å². The van der Waals surface area contributed by atoms with Crippen LogP contribution in [0.25, 0.3) is 0 Å². The third-order valence-corrected chi connectivity index (χ3v) is 4.42. The van der Waals surface area contributed by atoms with Crippen LogP contribution in [0, 0.1) is 6.92 Å². The highest BCUT2D eigenvalue weighted by Gasteiger charge is 2.21. The van der Waals surface area contributed by atoms with Crippen molar-refractivity contribution < 1.29 is 28.5 Å². The van der Waals surface area contributed by atoms with Gasteiger partial charge in [-0.05, 0) is 43.7 Å². The molecule has 2 aromatic carbocycles. The molecule has 2 aromatic rings. The van der Waals surface area contributed by atoms with E-state index in [9.17, 15) is 9.59 Å². The fourth-order valence-electron chi connectivity index (χ4n) is 2.41. The van der Waals surface area contributed by atoms with E-state index in [1.165, 1.54) is 40.4 Å². The first-order chi connectivity index (χ1) is 13.3. The van der Waals surface area contributed by atoms with Gasteiger partial charge in [0.1, 0.15) is 5.75 Å². The number of carbonyl (C=O) groups excluding carboxylic acids is 2. The molecule has 2 rings (SSSR count). The van der Waals surface area contributed by atoms with Crippen molar-refractivity contribution in [1.82, 2.24) is 0 Å². The number of halogens is 1. The molecule has 0 saturated carbocycles. The summed E-state index contributed by atoms with van der Waals surface area (Å²) in [6, 6.07) is 7.88. The van der Waals surface area contributed by atoms with Crippen LogP contribution >= 0.6 is 11.6 Å². The van der Waals surface area contributed by atoms with Gasteiger partial charge in [0.05, 0.1) is 32.6 Å². The highest BCUT2D eigenvalue weighted by Crippen LogP contribution is 2.31. The zero-order valence-corrected chi connectivity index (χ0v) is 17.0. The first kappa shape index (κ1) is 21.4. The zero-order valence-electron chi connectivity index (χ0n) is 16.3. The van der Waals surface area contributed by atoms with Gasteiger partial charge in [-0.2, -0.15) is 0 Å². The molecule has 28 heavy (non-hydrogen) atoms. The number of amides is 1. The largest absolute Gasteiger partial charge is 0.495 e. The third kappa shape index (κ3) is 4.86. The van der Waals surface area contributed by atoms with Gasteiger partial charge in [-0.3, -0.25) is 4.79 Å². The number of aryl methyl sites for hydroxylation is 1. The molecule has 0 aliphatic rings. The van der Waals surface area contributed by atoms with Crippen LogP contribution in [0.1, 0.15) is 22.8 Å². The topological polar surface area (TPSA) is 83.1 Å². The van der Waals surface area contributed by atoms with E-state index in [1.54, 1.807) is 25.1 Å². The van der Waals surface area contributed by atoms with E-state index in [1.807, 2.05) is 0 Å². The molecule has 1 amide bonds.